The Bertz CT molecular complexity index is 633. The van der Waals surface area contributed by atoms with Gasteiger partial charge in [-0.05, 0) is 36.1 Å². The molecule has 2 amide bonds. The highest BCUT2D eigenvalue weighted by molar-refractivity contribution is 5.91. The lowest BCUT2D eigenvalue weighted by Crippen LogP contribution is -2.24. The van der Waals surface area contributed by atoms with E-state index in [9.17, 15) is 4.79 Å². The summed E-state index contributed by atoms with van der Waals surface area (Å²) in [6, 6.07) is 15.3. The Morgan fingerprint density at radius 1 is 1.14 bits per heavy atom. The van der Waals surface area contributed by atoms with Gasteiger partial charge in [0.15, 0.2) is 0 Å². The Hall–Kier alpha value is -2.62. The fraction of sp³-hybridized carbons (Fsp3) is 0.176. The number of benzene rings is 2. The van der Waals surface area contributed by atoms with Crippen LogP contribution in [-0.4, -0.2) is 12.2 Å². The molecule has 0 aliphatic heterocycles. The molecule has 0 aliphatic rings. The van der Waals surface area contributed by atoms with Crippen LogP contribution in [0.4, 0.5) is 10.5 Å². The van der Waals surface area contributed by atoms with E-state index in [1.165, 1.54) is 5.56 Å². The number of carbonyl (C=O) groups is 1. The van der Waals surface area contributed by atoms with E-state index in [1.807, 2.05) is 43.3 Å². The summed E-state index contributed by atoms with van der Waals surface area (Å²) in [5.41, 5.74) is 6.46. The average molecular weight is 281 g/mol. The number of rotatable bonds is 4. The van der Waals surface area contributed by atoms with Crippen LogP contribution in [0.15, 0.2) is 53.6 Å². The molecule has 0 fully saturated rings. The van der Waals surface area contributed by atoms with E-state index in [-0.39, 0.29) is 6.03 Å². The number of anilines is 1. The van der Waals surface area contributed by atoms with Crippen LogP contribution in [-0.2, 0) is 6.42 Å². The number of aryl methyl sites for hydroxylation is 2. The number of nitrogens with zero attached hydrogens (tertiary/aromatic N) is 1. The maximum atomic E-state index is 11.7. The first kappa shape index (κ1) is 14.8. The number of hydrazone groups is 1. The Balaban J connectivity index is 1.88. The zero-order valence-corrected chi connectivity index (χ0v) is 12.3. The second-order valence-corrected chi connectivity index (χ2v) is 4.73. The molecule has 0 aromatic heterocycles. The van der Waals surface area contributed by atoms with Gasteiger partial charge in [0.25, 0.3) is 0 Å². The van der Waals surface area contributed by atoms with E-state index in [2.05, 4.69) is 34.9 Å². The third-order valence-electron chi connectivity index (χ3n) is 3.16. The Morgan fingerprint density at radius 2 is 1.86 bits per heavy atom. The summed E-state index contributed by atoms with van der Waals surface area (Å²) in [5, 5.41) is 6.69. The first-order chi connectivity index (χ1) is 10.2. The first-order valence-corrected chi connectivity index (χ1v) is 6.93. The van der Waals surface area contributed by atoms with Crippen molar-refractivity contribution in [3.63, 3.8) is 0 Å². The van der Waals surface area contributed by atoms with Crippen LogP contribution in [0.5, 0.6) is 0 Å². The summed E-state index contributed by atoms with van der Waals surface area (Å²) >= 11 is 0. The standard InChI is InChI=1S/C17H19N3O/c1-3-14-8-10-15(11-9-14)12-18-20-17(21)19-16-7-5-4-6-13(16)2/h4-12H,3H2,1-2H3,(H2,19,20,21)/b18-12-. The van der Waals surface area contributed by atoms with Gasteiger partial charge in [-0.15, -0.1) is 0 Å². The van der Waals surface area contributed by atoms with Crippen LogP contribution < -0.4 is 10.7 Å². The number of hydrogen-bond acceptors (Lipinski definition) is 2. The summed E-state index contributed by atoms with van der Waals surface area (Å²) in [6.45, 7) is 4.05. The smallest absolute Gasteiger partial charge is 0.306 e. The van der Waals surface area contributed by atoms with Gasteiger partial charge in [0.2, 0.25) is 0 Å². The molecule has 2 aromatic rings. The van der Waals surface area contributed by atoms with E-state index in [1.54, 1.807) is 6.21 Å². The first-order valence-electron chi connectivity index (χ1n) is 6.93. The van der Waals surface area contributed by atoms with Crippen molar-refractivity contribution >= 4 is 17.9 Å². The molecule has 2 N–H and O–H groups in total. The van der Waals surface area contributed by atoms with E-state index in [0.717, 1.165) is 23.2 Å². The maximum absolute atomic E-state index is 11.7. The number of carbonyl (C=O) groups excluding carboxylic acids is 1. The van der Waals surface area contributed by atoms with Gasteiger partial charge in [-0.3, -0.25) is 0 Å². The second kappa shape index (κ2) is 7.24. The molecule has 108 valence electrons. The number of nitrogens with one attached hydrogen (secondary N) is 2. The number of urea groups is 1. The van der Waals surface area contributed by atoms with Crippen molar-refractivity contribution < 1.29 is 4.79 Å². The molecule has 0 aliphatic carbocycles. The number of amides is 2. The fourth-order valence-electron chi connectivity index (χ4n) is 1.87. The topological polar surface area (TPSA) is 53.5 Å². The lowest BCUT2D eigenvalue weighted by atomic mass is 10.1. The quantitative estimate of drug-likeness (QED) is 0.651. The van der Waals surface area contributed by atoms with Crippen LogP contribution in [0.3, 0.4) is 0 Å². The highest BCUT2D eigenvalue weighted by atomic mass is 16.2. The minimum absolute atomic E-state index is 0.356. The Kier molecular flexibility index (Phi) is 5.10. The molecule has 4 heteroatoms. The Labute approximate surface area is 124 Å². The van der Waals surface area contributed by atoms with E-state index >= 15 is 0 Å². The molecule has 2 aromatic carbocycles. The molecule has 21 heavy (non-hydrogen) atoms. The average Bonchev–Trinajstić information content (AvgIpc) is 2.50. The van der Waals surface area contributed by atoms with Gasteiger partial charge < -0.3 is 5.32 Å². The molecule has 2 rings (SSSR count). The molecule has 4 nitrogen and oxygen atoms in total. The van der Waals surface area contributed by atoms with Gasteiger partial charge in [-0.2, -0.15) is 5.10 Å². The van der Waals surface area contributed by atoms with E-state index in [4.69, 9.17) is 0 Å². The summed E-state index contributed by atoms with van der Waals surface area (Å²) in [7, 11) is 0. The predicted molar refractivity (Wildman–Crippen MR) is 86.7 cm³/mol. The van der Waals surface area contributed by atoms with Crippen LogP contribution in [0.1, 0.15) is 23.6 Å². The van der Waals surface area contributed by atoms with Crippen molar-refractivity contribution in [3.8, 4) is 0 Å². The zero-order valence-electron chi connectivity index (χ0n) is 12.3. The van der Waals surface area contributed by atoms with Gasteiger partial charge in [0, 0.05) is 5.69 Å². The normalized spacial score (nSPS) is 10.6. The highest BCUT2D eigenvalue weighted by Crippen LogP contribution is 2.12. The van der Waals surface area contributed by atoms with Crippen LogP contribution in [0.2, 0.25) is 0 Å². The van der Waals surface area contributed by atoms with Crippen molar-refractivity contribution in [2.45, 2.75) is 20.3 Å². The Morgan fingerprint density at radius 3 is 2.52 bits per heavy atom. The van der Waals surface area contributed by atoms with Gasteiger partial charge in [0.05, 0.1) is 6.21 Å². The number of hydrogen-bond donors (Lipinski definition) is 2. The minimum atomic E-state index is -0.356. The molecule has 0 radical (unpaired) electrons. The second-order valence-electron chi connectivity index (χ2n) is 4.73. The monoisotopic (exact) mass is 281 g/mol. The van der Waals surface area contributed by atoms with Gasteiger partial charge in [0.1, 0.15) is 0 Å². The largest absolute Gasteiger partial charge is 0.339 e. The summed E-state index contributed by atoms with van der Waals surface area (Å²) in [5.74, 6) is 0. The van der Waals surface area contributed by atoms with Gasteiger partial charge >= 0.3 is 6.03 Å². The minimum Gasteiger partial charge on any atom is -0.306 e. The molecule has 0 saturated carbocycles. The molecule has 0 spiro atoms. The van der Waals surface area contributed by atoms with Crippen molar-refractivity contribution in [3.05, 3.63) is 65.2 Å². The molecule has 0 atom stereocenters. The van der Waals surface area contributed by atoms with E-state index < -0.39 is 0 Å². The van der Waals surface area contributed by atoms with Gasteiger partial charge in [-0.1, -0.05) is 49.4 Å². The third-order valence-corrected chi connectivity index (χ3v) is 3.16. The SMILES string of the molecule is CCc1ccc(/C=N\NC(=O)Nc2ccccc2C)cc1. The van der Waals surface area contributed by atoms with Crippen molar-refractivity contribution in [2.75, 3.05) is 5.32 Å². The van der Waals surface area contributed by atoms with Crippen molar-refractivity contribution in [2.24, 2.45) is 5.10 Å². The maximum Gasteiger partial charge on any atom is 0.339 e. The molecular formula is C17H19N3O. The molecule has 0 bridgehead atoms. The molecule has 0 heterocycles. The van der Waals surface area contributed by atoms with Crippen LogP contribution in [0.25, 0.3) is 0 Å². The molecular weight excluding hydrogens is 262 g/mol. The van der Waals surface area contributed by atoms with Crippen molar-refractivity contribution in [1.82, 2.24) is 5.43 Å². The molecule has 0 unspecified atom stereocenters. The van der Waals surface area contributed by atoms with E-state index in [0.29, 0.717) is 0 Å². The van der Waals surface area contributed by atoms with Crippen LogP contribution >= 0.6 is 0 Å². The fourth-order valence-corrected chi connectivity index (χ4v) is 1.87. The molecule has 0 saturated heterocycles. The third kappa shape index (κ3) is 4.45. The lowest BCUT2D eigenvalue weighted by Gasteiger charge is -2.06. The summed E-state index contributed by atoms with van der Waals surface area (Å²) < 4.78 is 0. The highest BCUT2D eigenvalue weighted by Gasteiger charge is 2.01. The zero-order chi connectivity index (χ0) is 15.1. The van der Waals surface area contributed by atoms with Crippen molar-refractivity contribution in [1.29, 1.82) is 0 Å². The number of para-hydroxylation sites is 1. The summed E-state index contributed by atoms with van der Waals surface area (Å²) in [6.07, 6.45) is 2.63. The predicted octanol–water partition coefficient (Wildman–Crippen LogP) is 3.71. The van der Waals surface area contributed by atoms with Crippen LogP contribution in [0, 0.1) is 6.92 Å². The van der Waals surface area contributed by atoms with Gasteiger partial charge in [-0.25, -0.2) is 10.2 Å². The lowest BCUT2D eigenvalue weighted by molar-refractivity contribution is 0.252. The summed E-state index contributed by atoms with van der Waals surface area (Å²) in [4.78, 5) is 11.7.